The number of ether oxygens (including phenoxy) is 2. The second kappa shape index (κ2) is 5.48. The van der Waals surface area contributed by atoms with E-state index in [0.717, 1.165) is 5.56 Å². The fourth-order valence-electron chi connectivity index (χ4n) is 1.82. The molecule has 0 aromatic heterocycles. The van der Waals surface area contributed by atoms with E-state index in [9.17, 15) is 9.59 Å². The molecule has 1 aromatic carbocycles. The molecule has 1 atom stereocenters. The molecule has 2 rings (SSSR count). The van der Waals surface area contributed by atoms with Crippen LogP contribution in [0.1, 0.15) is 12.5 Å². The number of fused-ring (bicyclic) bond motifs is 1. The highest BCUT2D eigenvalue weighted by molar-refractivity contribution is 9.10. The van der Waals surface area contributed by atoms with Crippen LogP contribution in [0.2, 0.25) is 0 Å². The molecule has 7 heteroatoms. The third kappa shape index (κ3) is 3.17. The van der Waals surface area contributed by atoms with E-state index in [2.05, 4.69) is 21.2 Å². The number of rotatable bonds is 4. The van der Waals surface area contributed by atoms with Gasteiger partial charge >= 0.3 is 5.97 Å². The summed E-state index contributed by atoms with van der Waals surface area (Å²) in [6.07, 6.45) is 0.171. The second-order valence-electron chi connectivity index (χ2n) is 4.11. The van der Waals surface area contributed by atoms with Gasteiger partial charge in [0.25, 0.3) is 0 Å². The average Bonchev–Trinajstić information content (AvgIpc) is 2.76. The third-order valence-corrected chi connectivity index (χ3v) is 3.19. The highest BCUT2D eigenvalue weighted by atomic mass is 79.9. The molecule has 1 aromatic rings. The number of carboxylic acid groups (broad SMARTS) is 1. The summed E-state index contributed by atoms with van der Waals surface area (Å²) in [5, 5.41) is 11.5. The molecule has 1 aliphatic heterocycles. The lowest BCUT2D eigenvalue weighted by Crippen LogP contribution is -2.41. The Balaban J connectivity index is 2.20. The SMILES string of the molecule is CC(=O)NC(Cc1cc(Br)c2c(c1)OCO2)C(=O)O. The topological polar surface area (TPSA) is 84.9 Å². The normalized spacial score (nSPS) is 14.0. The number of carbonyl (C=O) groups is 2. The Hall–Kier alpha value is -1.76. The first-order valence-corrected chi connectivity index (χ1v) is 6.34. The molecule has 0 radical (unpaired) electrons. The Morgan fingerprint density at radius 1 is 1.47 bits per heavy atom. The van der Waals surface area contributed by atoms with Crippen molar-refractivity contribution in [3.8, 4) is 11.5 Å². The molecule has 0 bridgehead atoms. The Bertz CT molecular complexity index is 531. The highest BCUT2D eigenvalue weighted by Crippen LogP contribution is 2.40. The Morgan fingerprint density at radius 2 is 2.21 bits per heavy atom. The predicted octanol–water partition coefficient (Wildman–Crippen LogP) is 1.31. The summed E-state index contributed by atoms with van der Waals surface area (Å²) in [4.78, 5) is 22.1. The first kappa shape index (κ1) is 13.7. The number of hydrogen-bond donors (Lipinski definition) is 2. The first-order chi connectivity index (χ1) is 8.97. The van der Waals surface area contributed by atoms with Gasteiger partial charge in [-0.1, -0.05) is 0 Å². The molecule has 1 aliphatic rings. The lowest BCUT2D eigenvalue weighted by molar-refractivity contribution is -0.141. The summed E-state index contributed by atoms with van der Waals surface area (Å²) < 4.78 is 11.2. The van der Waals surface area contributed by atoms with Gasteiger partial charge in [0.1, 0.15) is 6.04 Å². The molecule has 2 N–H and O–H groups in total. The van der Waals surface area contributed by atoms with E-state index >= 15 is 0 Å². The van der Waals surface area contributed by atoms with Crippen LogP contribution in [-0.2, 0) is 16.0 Å². The summed E-state index contributed by atoms with van der Waals surface area (Å²) in [5.74, 6) is -0.289. The fraction of sp³-hybridized carbons (Fsp3) is 0.333. The predicted molar refractivity (Wildman–Crippen MR) is 69.2 cm³/mol. The van der Waals surface area contributed by atoms with Gasteiger partial charge in [-0.05, 0) is 33.6 Å². The monoisotopic (exact) mass is 329 g/mol. The van der Waals surface area contributed by atoms with E-state index in [1.54, 1.807) is 12.1 Å². The van der Waals surface area contributed by atoms with Crippen molar-refractivity contribution in [2.75, 3.05) is 6.79 Å². The van der Waals surface area contributed by atoms with Gasteiger partial charge in [0.05, 0.1) is 4.47 Å². The Kier molecular flexibility index (Phi) is 3.94. The lowest BCUT2D eigenvalue weighted by atomic mass is 10.1. The van der Waals surface area contributed by atoms with E-state index in [4.69, 9.17) is 14.6 Å². The fourth-order valence-corrected chi connectivity index (χ4v) is 2.42. The van der Waals surface area contributed by atoms with Crippen LogP contribution < -0.4 is 14.8 Å². The molecule has 0 saturated carbocycles. The summed E-state index contributed by atoms with van der Waals surface area (Å²) >= 11 is 3.34. The smallest absolute Gasteiger partial charge is 0.326 e. The van der Waals surface area contributed by atoms with Crippen LogP contribution in [0.25, 0.3) is 0 Å². The number of halogens is 1. The largest absolute Gasteiger partial charge is 0.480 e. The van der Waals surface area contributed by atoms with Crippen molar-refractivity contribution >= 4 is 27.8 Å². The summed E-state index contributed by atoms with van der Waals surface area (Å²) in [5.41, 5.74) is 0.734. The maximum Gasteiger partial charge on any atom is 0.326 e. The zero-order valence-corrected chi connectivity index (χ0v) is 11.7. The Morgan fingerprint density at radius 3 is 2.84 bits per heavy atom. The average molecular weight is 330 g/mol. The van der Waals surface area contributed by atoms with Crippen molar-refractivity contribution in [3.63, 3.8) is 0 Å². The number of carbonyl (C=O) groups excluding carboxylic acids is 1. The number of aliphatic carboxylic acids is 1. The van der Waals surface area contributed by atoms with E-state index in [-0.39, 0.29) is 19.1 Å². The van der Waals surface area contributed by atoms with E-state index < -0.39 is 12.0 Å². The van der Waals surface area contributed by atoms with Gasteiger partial charge in [-0.25, -0.2) is 4.79 Å². The van der Waals surface area contributed by atoms with Crippen molar-refractivity contribution in [1.29, 1.82) is 0 Å². The molecular weight excluding hydrogens is 318 g/mol. The van der Waals surface area contributed by atoms with E-state index in [1.165, 1.54) is 6.92 Å². The summed E-state index contributed by atoms with van der Waals surface area (Å²) in [6, 6.07) is 2.50. The van der Waals surface area contributed by atoms with Gasteiger partial charge in [0, 0.05) is 13.3 Å². The van der Waals surface area contributed by atoms with Crippen LogP contribution in [0.15, 0.2) is 16.6 Å². The zero-order valence-electron chi connectivity index (χ0n) is 10.1. The molecule has 1 amide bonds. The standard InChI is InChI=1S/C12H12BrNO5/c1-6(15)14-9(12(16)17)3-7-2-8(13)11-10(4-7)18-5-19-11/h2,4,9H,3,5H2,1H3,(H,14,15)(H,16,17). The van der Waals surface area contributed by atoms with Gasteiger partial charge in [-0.2, -0.15) is 0 Å². The van der Waals surface area contributed by atoms with Crippen molar-refractivity contribution in [3.05, 3.63) is 22.2 Å². The number of hydrogen-bond acceptors (Lipinski definition) is 4. The third-order valence-electron chi connectivity index (χ3n) is 2.60. The number of nitrogens with one attached hydrogen (secondary N) is 1. The van der Waals surface area contributed by atoms with E-state index in [0.29, 0.717) is 16.0 Å². The minimum atomic E-state index is -1.08. The van der Waals surface area contributed by atoms with E-state index in [1.807, 2.05) is 0 Å². The minimum Gasteiger partial charge on any atom is -0.480 e. The molecule has 0 spiro atoms. The van der Waals surface area contributed by atoms with Crippen molar-refractivity contribution in [2.45, 2.75) is 19.4 Å². The molecular formula is C12H12BrNO5. The van der Waals surface area contributed by atoms with Crippen molar-refractivity contribution in [2.24, 2.45) is 0 Å². The minimum absolute atomic E-state index is 0.144. The van der Waals surface area contributed by atoms with Crippen LogP contribution in [0.3, 0.4) is 0 Å². The first-order valence-electron chi connectivity index (χ1n) is 5.55. The Labute approximate surface area is 117 Å². The second-order valence-corrected chi connectivity index (χ2v) is 4.96. The van der Waals surface area contributed by atoms with Crippen LogP contribution in [0, 0.1) is 0 Å². The highest BCUT2D eigenvalue weighted by Gasteiger charge is 2.22. The number of carboxylic acids is 1. The van der Waals surface area contributed by atoms with Gasteiger partial charge in [0.15, 0.2) is 11.5 Å². The maximum absolute atomic E-state index is 11.1. The molecule has 1 unspecified atom stereocenters. The van der Waals surface area contributed by atoms with Crippen molar-refractivity contribution < 1.29 is 24.2 Å². The zero-order chi connectivity index (χ0) is 14.0. The summed E-state index contributed by atoms with van der Waals surface area (Å²) in [6.45, 7) is 1.43. The van der Waals surface area contributed by atoms with Gasteiger partial charge in [-0.3, -0.25) is 4.79 Å². The van der Waals surface area contributed by atoms with Crippen LogP contribution >= 0.6 is 15.9 Å². The maximum atomic E-state index is 11.1. The number of benzene rings is 1. The van der Waals surface area contributed by atoms with Crippen LogP contribution in [-0.4, -0.2) is 29.8 Å². The number of amides is 1. The molecule has 0 fully saturated rings. The molecule has 0 aliphatic carbocycles. The molecule has 19 heavy (non-hydrogen) atoms. The molecule has 6 nitrogen and oxygen atoms in total. The van der Waals surface area contributed by atoms with Gasteiger partial charge in [0.2, 0.25) is 12.7 Å². The van der Waals surface area contributed by atoms with Crippen LogP contribution in [0.4, 0.5) is 0 Å². The van der Waals surface area contributed by atoms with Gasteiger partial charge in [-0.15, -0.1) is 0 Å². The molecule has 1 heterocycles. The lowest BCUT2D eigenvalue weighted by Gasteiger charge is -2.14. The molecule has 0 saturated heterocycles. The molecule has 102 valence electrons. The quantitative estimate of drug-likeness (QED) is 0.870. The summed E-state index contributed by atoms with van der Waals surface area (Å²) in [7, 11) is 0. The van der Waals surface area contributed by atoms with Crippen molar-refractivity contribution in [1.82, 2.24) is 5.32 Å². The van der Waals surface area contributed by atoms with Gasteiger partial charge < -0.3 is 19.9 Å². The van der Waals surface area contributed by atoms with Crippen LogP contribution in [0.5, 0.6) is 11.5 Å².